The summed E-state index contributed by atoms with van der Waals surface area (Å²) in [5.41, 5.74) is 0.779. The predicted octanol–water partition coefficient (Wildman–Crippen LogP) is 2.98. The fraction of sp³-hybridized carbons (Fsp3) is 0.333. The van der Waals surface area contributed by atoms with Crippen LogP contribution in [0.4, 0.5) is 8.78 Å². The Labute approximate surface area is 153 Å². The Balaban J connectivity index is 1.57. The molecule has 0 unspecified atom stereocenters. The summed E-state index contributed by atoms with van der Waals surface area (Å²) in [5.74, 6) is -2.83. The number of pyridine rings is 1. The zero-order valence-corrected chi connectivity index (χ0v) is 14.3. The topological polar surface area (TPSA) is 90.2 Å². The molecule has 0 bridgehead atoms. The number of phenolic OH excluding ortho intramolecular Hbond substituents is 1. The molecule has 2 atom stereocenters. The first kappa shape index (κ1) is 17.5. The molecule has 7 nitrogen and oxygen atoms in total. The fourth-order valence-corrected chi connectivity index (χ4v) is 3.19. The van der Waals surface area contributed by atoms with Crippen molar-refractivity contribution in [1.82, 2.24) is 20.2 Å². The average molecular weight is 374 g/mol. The number of hydrogen-bond donors (Lipinski definition) is 1. The van der Waals surface area contributed by atoms with Crippen LogP contribution in [-0.2, 0) is 4.74 Å². The van der Waals surface area contributed by atoms with Gasteiger partial charge in [-0.2, -0.15) is 0 Å². The van der Waals surface area contributed by atoms with Crippen molar-refractivity contribution in [1.29, 1.82) is 0 Å². The summed E-state index contributed by atoms with van der Waals surface area (Å²) in [4.78, 5) is 8.05. The Morgan fingerprint density at radius 1 is 1.11 bits per heavy atom. The monoisotopic (exact) mass is 374 g/mol. The van der Waals surface area contributed by atoms with Gasteiger partial charge in [0.15, 0.2) is 0 Å². The molecule has 0 saturated heterocycles. The van der Waals surface area contributed by atoms with E-state index in [1.54, 1.807) is 24.5 Å². The van der Waals surface area contributed by atoms with E-state index in [1.807, 2.05) is 6.07 Å². The van der Waals surface area contributed by atoms with Gasteiger partial charge in [0.2, 0.25) is 0 Å². The maximum Gasteiger partial charge on any atom is 0.336 e. The highest BCUT2D eigenvalue weighted by Crippen LogP contribution is 2.38. The van der Waals surface area contributed by atoms with Crippen LogP contribution in [0.1, 0.15) is 12.8 Å². The van der Waals surface area contributed by atoms with Crippen LogP contribution in [0.5, 0.6) is 11.8 Å². The highest BCUT2D eigenvalue weighted by Gasteiger charge is 2.48. The second-order valence-corrected chi connectivity index (χ2v) is 6.41. The van der Waals surface area contributed by atoms with Crippen LogP contribution in [0.25, 0.3) is 22.0 Å². The van der Waals surface area contributed by atoms with Gasteiger partial charge in [0.05, 0.1) is 18.7 Å². The summed E-state index contributed by atoms with van der Waals surface area (Å²) in [7, 11) is 1.36. The number of alkyl halides is 2. The molecule has 1 fully saturated rings. The van der Waals surface area contributed by atoms with E-state index in [1.165, 1.54) is 13.3 Å². The fourth-order valence-electron chi connectivity index (χ4n) is 3.19. The molecule has 1 saturated carbocycles. The zero-order chi connectivity index (χ0) is 19.0. The molecule has 0 radical (unpaired) electrons. The van der Waals surface area contributed by atoms with E-state index in [0.29, 0.717) is 11.3 Å². The summed E-state index contributed by atoms with van der Waals surface area (Å²) < 4.78 is 37.6. The van der Waals surface area contributed by atoms with Crippen LogP contribution < -0.4 is 4.74 Å². The second-order valence-electron chi connectivity index (χ2n) is 6.41. The third-order valence-electron chi connectivity index (χ3n) is 4.55. The number of methoxy groups -OCH3 is 1. The molecule has 4 rings (SSSR count). The van der Waals surface area contributed by atoms with E-state index in [-0.39, 0.29) is 11.8 Å². The molecule has 0 amide bonds. The van der Waals surface area contributed by atoms with Crippen molar-refractivity contribution < 1.29 is 23.4 Å². The summed E-state index contributed by atoms with van der Waals surface area (Å²) in [5, 5.41) is 19.7. The van der Waals surface area contributed by atoms with Gasteiger partial charge in [-0.15, -0.1) is 5.10 Å². The lowest BCUT2D eigenvalue weighted by Crippen LogP contribution is -2.28. The van der Waals surface area contributed by atoms with Crippen molar-refractivity contribution in [3.8, 4) is 23.0 Å². The third kappa shape index (κ3) is 3.50. The van der Waals surface area contributed by atoms with Gasteiger partial charge in [0.1, 0.15) is 17.5 Å². The molecule has 0 aliphatic heterocycles. The number of hydrogen-bond acceptors (Lipinski definition) is 7. The highest BCUT2D eigenvalue weighted by atomic mass is 19.3. The van der Waals surface area contributed by atoms with Gasteiger partial charge >= 0.3 is 6.01 Å². The lowest BCUT2D eigenvalue weighted by atomic mass is 10.1. The molecule has 0 spiro atoms. The van der Waals surface area contributed by atoms with Crippen molar-refractivity contribution in [2.45, 2.75) is 31.0 Å². The second kappa shape index (κ2) is 6.66. The van der Waals surface area contributed by atoms with Crippen molar-refractivity contribution in [3.05, 3.63) is 36.8 Å². The Morgan fingerprint density at radius 3 is 2.67 bits per heavy atom. The standard InChI is InChI=1S/C18H16F2N4O3/c1-26-15-6-18(19,20)7-16(15)27-17-22-9-13(23-24-17)12-4-10-2-3-21-8-11(10)5-14(12)25/h2-5,8-9,15-16,25H,6-7H2,1H3/t15-,16-/m0/s1. The van der Waals surface area contributed by atoms with Gasteiger partial charge in [-0.3, -0.25) is 4.98 Å². The van der Waals surface area contributed by atoms with Crippen LogP contribution in [0.15, 0.2) is 36.8 Å². The number of rotatable bonds is 4. The first-order valence-corrected chi connectivity index (χ1v) is 8.29. The Kier molecular flexibility index (Phi) is 4.31. The normalized spacial score (nSPS) is 21.4. The van der Waals surface area contributed by atoms with Crippen molar-refractivity contribution >= 4 is 10.8 Å². The summed E-state index contributed by atoms with van der Waals surface area (Å²) >= 11 is 0. The smallest absolute Gasteiger partial charge is 0.336 e. The minimum absolute atomic E-state index is 0.00940. The number of ether oxygens (including phenoxy) is 2. The minimum Gasteiger partial charge on any atom is -0.507 e. The first-order valence-electron chi connectivity index (χ1n) is 8.29. The van der Waals surface area contributed by atoms with Gasteiger partial charge in [-0.25, -0.2) is 13.8 Å². The SMILES string of the molecule is CO[C@H]1CC(F)(F)C[C@@H]1Oc1ncc(-c2cc3ccncc3cc2O)nn1. The van der Waals surface area contributed by atoms with E-state index < -0.39 is 31.0 Å². The molecule has 9 heteroatoms. The van der Waals surface area contributed by atoms with Gasteiger partial charge in [-0.1, -0.05) is 5.10 Å². The Bertz CT molecular complexity index is 968. The zero-order valence-electron chi connectivity index (χ0n) is 14.3. The van der Waals surface area contributed by atoms with Gasteiger partial charge in [-0.05, 0) is 23.6 Å². The average Bonchev–Trinajstić information content (AvgIpc) is 2.95. The van der Waals surface area contributed by atoms with Gasteiger partial charge in [0, 0.05) is 36.9 Å². The maximum atomic E-state index is 13.5. The molecule has 1 aliphatic rings. The number of fused-ring (bicyclic) bond motifs is 1. The lowest BCUT2D eigenvalue weighted by Gasteiger charge is -2.17. The van der Waals surface area contributed by atoms with E-state index in [2.05, 4.69) is 20.2 Å². The quantitative estimate of drug-likeness (QED) is 0.751. The van der Waals surface area contributed by atoms with Crippen molar-refractivity contribution in [2.75, 3.05) is 7.11 Å². The number of aromatic nitrogens is 4. The molecule has 3 aromatic rings. The molecular weight excluding hydrogens is 358 g/mol. The van der Waals surface area contributed by atoms with E-state index in [4.69, 9.17) is 9.47 Å². The number of halogens is 2. The largest absolute Gasteiger partial charge is 0.507 e. The molecular formula is C18H16F2N4O3. The summed E-state index contributed by atoms with van der Waals surface area (Å²) in [6.07, 6.45) is 2.21. The molecule has 2 aromatic heterocycles. The van der Waals surface area contributed by atoms with Gasteiger partial charge < -0.3 is 14.6 Å². The third-order valence-corrected chi connectivity index (χ3v) is 4.55. The first-order chi connectivity index (χ1) is 12.9. The van der Waals surface area contributed by atoms with Crippen LogP contribution in [0, 0.1) is 0 Å². The lowest BCUT2D eigenvalue weighted by molar-refractivity contribution is -0.00999. The van der Waals surface area contributed by atoms with E-state index in [0.717, 1.165) is 10.8 Å². The van der Waals surface area contributed by atoms with Crippen LogP contribution >= 0.6 is 0 Å². The van der Waals surface area contributed by atoms with Gasteiger partial charge in [0.25, 0.3) is 5.92 Å². The molecule has 1 aliphatic carbocycles. The maximum absolute atomic E-state index is 13.5. The molecule has 2 heterocycles. The predicted molar refractivity (Wildman–Crippen MR) is 91.6 cm³/mol. The van der Waals surface area contributed by atoms with Crippen LogP contribution in [0.3, 0.4) is 0 Å². The Morgan fingerprint density at radius 2 is 1.93 bits per heavy atom. The molecule has 140 valence electrons. The molecule has 1 N–H and O–H groups in total. The van der Waals surface area contributed by atoms with Crippen molar-refractivity contribution in [2.24, 2.45) is 0 Å². The minimum atomic E-state index is -2.84. The number of nitrogens with zero attached hydrogens (tertiary/aromatic N) is 4. The van der Waals surface area contributed by atoms with E-state index in [9.17, 15) is 13.9 Å². The van der Waals surface area contributed by atoms with Crippen molar-refractivity contribution in [3.63, 3.8) is 0 Å². The molecule has 1 aromatic carbocycles. The number of phenols is 1. The molecule has 27 heavy (non-hydrogen) atoms. The summed E-state index contributed by atoms with van der Waals surface area (Å²) in [6, 6.07) is 5.01. The van der Waals surface area contributed by atoms with E-state index >= 15 is 0 Å². The van der Waals surface area contributed by atoms with Crippen LogP contribution in [-0.4, -0.2) is 50.5 Å². The van der Waals surface area contributed by atoms with Crippen LogP contribution in [0.2, 0.25) is 0 Å². The number of benzene rings is 1. The highest BCUT2D eigenvalue weighted by molar-refractivity contribution is 5.89. The Hall–Kier alpha value is -2.94. The summed E-state index contributed by atoms with van der Waals surface area (Å²) in [6.45, 7) is 0. The number of aromatic hydroxyl groups is 1.